The van der Waals surface area contributed by atoms with E-state index in [0.29, 0.717) is 0 Å². The Labute approximate surface area is 399 Å². The van der Waals surface area contributed by atoms with E-state index in [0.717, 1.165) is 27.5 Å². The van der Waals surface area contributed by atoms with Crippen molar-refractivity contribution in [2.45, 2.75) is 44.4 Å². The van der Waals surface area contributed by atoms with Gasteiger partial charge in [-0.15, -0.1) is 0 Å². The van der Waals surface area contributed by atoms with E-state index in [1.165, 1.54) is 100 Å². The zero-order valence-electron chi connectivity index (χ0n) is 38.8. The lowest BCUT2D eigenvalue weighted by atomic mass is 9.77. The molecule has 0 atom stereocenters. The molecule has 324 valence electrons. The second kappa shape index (κ2) is 15.3. The highest BCUT2D eigenvalue weighted by atomic mass is 16.3. The van der Waals surface area contributed by atoms with Crippen molar-refractivity contribution in [2.24, 2.45) is 0 Å². The van der Waals surface area contributed by atoms with Crippen LogP contribution in [-0.2, 0) is 10.8 Å². The van der Waals surface area contributed by atoms with E-state index in [9.17, 15) is 0 Å². The molecule has 10 aromatic carbocycles. The van der Waals surface area contributed by atoms with Crippen LogP contribution < -0.4 is 0 Å². The quantitative estimate of drug-likeness (QED) is 0.145. The maximum absolute atomic E-state index is 6.23. The minimum absolute atomic E-state index is 0.0222. The second-order valence-corrected chi connectivity index (χ2v) is 20.1. The van der Waals surface area contributed by atoms with Crippen molar-refractivity contribution in [2.75, 3.05) is 0 Å². The van der Waals surface area contributed by atoms with Gasteiger partial charge >= 0.3 is 0 Å². The topological polar surface area (TPSA) is 13.1 Å². The molecule has 0 N–H and O–H groups in total. The van der Waals surface area contributed by atoms with Gasteiger partial charge in [0.15, 0.2) is 0 Å². The van der Waals surface area contributed by atoms with Gasteiger partial charge in [0.1, 0.15) is 11.2 Å². The van der Waals surface area contributed by atoms with Gasteiger partial charge in [0.05, 0.1) is 0 Å². The number of hydrogen-bond acceptors (Lipinski definition) is 1. The number of furan rings is 1. The van der Waals surface area contributed by atoms with Gasteiger partial charge in [0.2, 0.25) is 0 Å². The van der Waals surface area contributed by atoms with Crippen molar-refractivity contribution in [3.63, 3.8) is 0 Å². The first-order valence-electron chi connectivity index (χ1n) is 24.0. The highest BCUT2D eigenvalue weighted by Crippen LogP contribution is 2.53. The summed E-state index contributed by atoms with van der Waals surface area (Å²) in [5.74, 6) is 0.0222. The fourth-order valence-corrected chi connectivity index (χ4v) is 11.7. The number of benzene rings is 10. The molecule has 0 saturated carbocycles. The van der Waals surface area contributed by atoms with E-state index in [2.05, 4.69) is 240 Å². The fourth-order valence-electron chi connectivity index (χ4n) is 11.7. The molecule has 2 aliphatic rings. The van der Waals surface area contributed by atoms with Crippen LogP contribution in [0.1, 0.15) is 72.6 Å². The summed E-state index contributed by atoms with van der Waals surface area (Å²) < 4.78 is 6.23. The molecule has 0 radical (unpaired) electrons. The average Bonchev–Trinajstić information content (AvgIpc) is 3.95. The summed E-state index contributed by atoms with van der Waals surface area (Å²) in [6, 6.07) is 83.4. The molecular formula is C67H50O. The molecule has 0 amide bonds. The fraction of sp³-hybridized carbons (Fsp3) is 0.104. The van der Waals surface area contributed by atoms with Gasteiger partial charge < -0.3 is 4.42 Å². The maximum atomic E-state index is 6.23. The number of rotatable bonds is 7. The highest BCUT2D eigenvalue weighted by Gasteiger charge is 2.38. The summed E-state index contributed by atoms with van der Waals surface area (Å²) in [6.07, 6.45) is 0. The van der Waals surface area contributed by atoms with Crippen LogP contribution in [-0.4, -0.2) is 0 Å². The summed E-state index contributed by atoms with van der Waals surface area (Å²) in [5, 5.41) is 2.30. The summed E-state index contributed by atoms with van der Waals surface area (Å²) in [7, 11) is 0. The van der Waals surface area contributed by atoms with Gasteiger partial charge in [0, 0.05) is 27.5 Å². The van der Waals surface area contributed by atoms with Crippen LogP contribution in [0.15, 0.2) is 229 Å². The SMILES string of the molecule is CC1(C)c2cc(-c3ccccc3)ccc2-c2ccc(C(c3ccc(-c4ccc(-c5ccc6c(c5)oc5ccccc56)cc4)cc3)c3ccc4c(c3)C(C)(C)c3cc(-c5ccccc5)ccc3-4)cc21. The molecule has 1 heterocycles. The van der Waals surface area contributed by atoms with Crippen molar-refractivity contribution >= 4 is 21.9 Å². The Hall–Kier alpha value is -8.00. The highest BCUT2D eigenvalue weighted by molar-refractivity contribution is 6.06. The van der Waals surface area contributed by atoms with E-state index in [1.807, 2.05) is 12.1 Å². The molecule has 0 fully saturated rings. The van der Waals surface area contributed by atoms with Crippen LogP contribution in [0, 0.1) is 0 Å². The van der Waals surface area contributed by atoms with Gasteiger partial charge in [-0.05, 0) is 136 Å². The smallest absolute Gasteiger partial charge is 0.136 e. The molecule has 2 aliphatic carbocycles. The molecule has 1 aromatic heterocycles. The summed E-state index contributed by atoms with van der Waals surface area (Å²) >= 11 is 0. The van der Waals surface area contributed by atoms with E-state index >= 15 is 0 Å². The van der Waals surface area contributed by atoms with E-state index in [4.69, 9.17) is 4.42 Å². The molecule has 68 heavy (non-hydrogen) atoms. The minimum atomic E-state index is -0.165. The molecule has 13 rings (SSSR count). The molecule has 0 spiro atoms. The summed E-state index contributed by atoms with van der Waals surface area (Å²) in [5.41, 5.74) is 26.1. The van der Waals surface area contributed by atoms with Gasteiger partial charge in [-0.25, -0.2) is 0 Å². The monoisotopic (exact) mass is 870 g/mol. The maximum Gasteiger partial charge on any atom is 0.136 e. The lowest BCUT2D eigenvalue weighted by molar-refractivity contribution is 0.657. The molecule has 0 aliphatic heterocycles. The summed E-state index contributed by atoms with van der Waals surface area (Å²) in [6.45, 7) is 9.62. The standard InChI is InChI=1S/C67H50O/c1-66(2)59-37-48(42-13-7-5-8-14-42)27-32-53(59)55-34-30-51(39-61(55)66)65(52-31-35-56-54-33-28-49(43-15-9-6-10-16-43)38-60(54)67(3,4)62(56)40-52)47-25-23-45(24-26-47)44-19-21-46(22-20-44)50-29-36-58-57-17-11-12-18-63(57)68-64(58)41-50/h5-41,65H,1-4H3. The predicted molar refractivity (Wildman–Crippen MR) is 284 cm³/mol. The van der Waals surface area contributed by atoms with Crippen LogP contribution in [0.3, 0.4) is 0 Å². The lowest BCUT2D eigenvalue weighted by Crippen LogP contribution is -2.17. The third-order valence-electron chi connectivity index (χ3n) is 15.5. The largest absolute Gasteiger partial charge is 0.456 e. The lowest BCUT2D eigenvalue weighted by Gasteiger charge is -2.26. The minimum Gasteiger partial charge on any atom is -0.456 e. The first kappa shape index (κ1) is 40.3. The second-order valence-electron chi connectivity index (χ2n) is 20.1. The van der Waals surface area contributed by atoms with Gasteiger partial charge in [-0.2, -0.15) is 0 Å². The predicted octanol–water partition coefficient (Wildman–Crippen LogP) is 18.0. The van der Waals surface area contributed by atoms with E-state index in [1.54, 1.807) is 0 Å². The van der Waals surface area contributed by atoms with Crippen molar-refractivity contribution < 1.29 is 4.42 Å². The van der Waals surface area contributed by atoms with Crippen LogP contribution in [0.25, 0.3) is 88.7 Å². The Bertz CT molecular complexity index is 3600. The van der Waals surface area contributed by atoms with Gasteiger partial charge in [-0.3, -0.25) is 0 Å². The molecule has 0 unspecified atom stereocenters. The van der Waals surface area contributed by atoms with Crippen molar-refractivity contribution in [3.8, 4) is 66.8 Å². The van der Waals surface area contributed by atoms with Crippen LogP contribution in [0.5, 0.6) is 0 Å². The number of fused-ring (bicyclic) bond motifs is 9. The number of hydrogen-bond donors (Lipinski definition) is 0. The summed E-state index contributed by atoms with van der Waals surface area (Å²) in [4.78, 5) is 0. The van der Waals surface area contributed by atoms with Crippen LogP contribution >= 0.6 is 0 Å². The zero-order chi connectivity index (χ0) is 45.7. The van der Waals surface area contributed by atoms with Crippen molar-refractivity contribution in [1.29, 1.82) is 0 Å². The molecule has 1 heteroatoms. The van der Waals surface area contributed by atoms with Crippen LogP contribution in [0.4, 0.5) is 0 Å². The Morgan fingerprint density at radius 3 is 1.16 bits per heavy atom. The first-order chi connectivity index (χ1) is 33.2. The number of para-hydroxylation sites is 1. The molecule has 1 nitrogen and oxygen atoms in total. The van der Waals surface area contributed by atoms with Crippen molar-refractivity contribution in [1.82, 2.24) is 0 Å². The third-order valence-corrected chi connectivity index (χ3v) is 15.5. The zero-order valence-corrected chi connectivity index (χ0v) is 38.8. The molecule has 11 aromatic rings. The Morgan fingerprint density at radius 2 is 0.632 bits per heavy atom. The van der Waals surface area contributed by atoms with E-state index < -0.39 is 0 Å². The van der Waals surface area contributed by atoms with Crippen molar-refractivity contribution in [3.05, 3.63) is 263 Å². The normalized spacial score (nSPS) is 14.0. The van der Waals surface area contributed by atoms with Gasteiger partial charge in [0.25, 0.3) is 0 Å². The molecule has 0 bridgehead atoms. The van der Waals surface area contributed by atoms with E-state index in [-0.39, 0.29) is 16.7 Å². The Kier molecular flexibility index (Phi) is 9.05. The van der Waals surface area contributed by atoms with Crippen LogP contribution in [0.2, 0.25) is 0 Å². The Balaban J connectivity index is 0.880. The first-order valence-corrected chi connectivity index (χ1v) is 24.0. The Morgan fingerprint density at radius 1 is 0.279 bits per heavy atom. The third kappa shape index (κ3) is 6.37. The average molecular weight is 871 g/mol. The van der Waals surface area contributed by atoms with Gasteiger partial charge in [-0.1, -0.05) is 222 Å². The molecule has 0 saturated heterocycles. The molecular weight excluding hydrogens is 821 g/mol.